The van der Waals surface area contributed by atoms with E-state index < -0.39 is 0 Å². The monoisotopic (exact) mass is 271 g/mol. The molecule has 1 N–H and O–H groups in total. The van der Waals surface area contributed by atoms with Gasteiger partial charge in [-0.05, 0) is 30.5 Å². The number of rotatable bonds is 8. The molecule has 1 aromatic carbocycles. The van der Waals surface area contributed by atoms with E-state index in [9.17, 15) is 0 Å². The Labute approximate surface area is 122 Å². The highest BCUT2D eigenvalue weighted by Gasteiger charge is 2.04. The van der Waals surface area contributed by atoms with Gasteiger partial charge in [-0.2, -0.15) is 0 Å². The van der Waals surface area contributed by atoms with Gasteiger partial charge in [0, 0.05) is 31.9 Å². The number of hydrogen-bond donors (Lipinski definition) is 1. The lowest BCUT2D eigenvalue weighted by Gasteiger charge is -2.08. The molecule has 108 valence electrons. The van der Waals surface area contributed by atoms with E-state index in [0.717, 1.165) is 38.3 Å². The molecule has 3 heteroatoms. The number of aromatic nitrogens is 2. The highest BCUT2D eigenvalue weighted by atomic mass is 15.1. The van der Waals surface area contributed by atoms with Crippen molar-refractivity contribution in [3.63, 3.8) is 0 Å². The normalized spacial score (nSPS) is 10.9. The lowest BCUT2D eigenvalue weighted by atomic mass is 10.1. The molecule has 0 unspecified atom stereocenters. The van der Waals surface area contributed by atoms with E-state index in [1.54, 1.807) is 0 Å². The molecule has 0 aliphatic heterocycles. The maximum atomic E-state index is 4.48. The highest BCUT2D eigenvalue weighted by molar-refractivity contribution is 5.26. The van der Waals surface area contributed by atoms with Crippen molar-refractivity contribution >= 4 is 0 Å². The van der Waals surface area contributed by atoms with Gasteiger partial charge in [-0.3, -0.25) is 0 Å². The van der Waals surface area contributed by atoms with Gasteiger partial charge < -0.3 is 9.88 Å². The van der Waals surface area contributed by atoms with Gasteiger partial charge in [-0.25, -0.2) is 4.98 Å². The summed E-state index contributed by atoms with van der Waals surface area (Å²) in [6.45, 7) is 7.46. The Morgan fingerprint density at radius 2 is 2.00 bits per heavy atom. The molecule has 0 fully saturated rings. The minimum absolute atomic E-state index is 0.911. The Morgan fingerprint density at radius 1 is 1.15 bits per heavy atom. The molecule has 0 spiro atoms. The lowest BCUT2D eigenvalue weighted by Crippen LogP contribution is -2.13. The first-order valence-electron chi connectivity index (χ1n) is 7.62. The van der Waals surface area contributed by atoms with Crippen LogP contribution in [0.25, 0.3) is 0 Å². The molecular formula is C17H25N3. The van der Waals surface area contributed by atoms with E-state index in [2.05, 4.69) is 59.2 Å². The van der Waals surface area contributed by atoms with E-state index in [4.69, 9.17) is 0 Å². The van der Waals surface area contributed by atoms with Crippen LogP contribution >= 0.6 is 0 Å². The predicted molar refractivity (Wildman–Crippen MR) is 83.8 cm³/mol. The predicted octanol–water partition coefficient (Wildman–Crippen LogP) is 3.38. The van der Waals surface area contributed by atoms with Crippen LogP contribution in [0.15, 0.2) is 36.7 Å². The van der Waals surface area contributed by atoms with Crippen molar-refractivity contribution in [2.45, 2.75) is 46.2 Å². The van der Waals surface area contributed by atoms with Crippen molar-refractivity contribution < 1.29 is 0 Å². The molecule has 0 saturated carbocycles. The smallest absolute Gasteiger partial charge is 0.113 e. The van der Waals surface area contributed by atoms with Crippen LogP contribution in [0.2, 0.25) is 0 Å². The first kappa shape index (κ1) is 14.8. The number of nitrogens with one attached hydrogen (secondary N) is 1. The molecule has 0 aliphatic rings. The maximum Gasteiger partial charge on any atom is 0.113 e. The standard InChI is InChI=1S/C17H25N3/c1-3-8-18-14-16-7-5-6-15(12-16)13-17-19-9-11-20(17)10-4-2/h5-7,9,11-12,18H,3-4,8,10,13-14H2,1-2H3. The minimum atomic E-state index is 0.911. The molecule has 0 aliphatic carbocycles. The molecule has 2 aromatic rings. The quantitative estimate of drug-likeness (QED) is 0.746. The summed E-state index contributed by atoms with van der Waals surface area (Å²) in [7, 11) is 0. The van der Waals surface area contributed by atoms with Gasteiger partial charge in [0.1, 0.15) is 5.82 Å². The Hall–Kier alpha value is -1.61. The van der Waals surface area contributed by atoms with Gasteiger partial charge in [-0.1, -0.05) is 38.1 Å². The molecular weight excluding hydrogens is 246 g/mol. The second-order valence-corrected chi connectivity index (χ2v) is 5.21. The summed E-state index contributed by atoms with van der Waals surface area (Å²) in [5, 5.41) is 3.45. The van der Waals surface area contributed by atoms with Crippen molar-refractivity contribution in [2.75, 3.05) is 6.54 Å². The summed E-state index contributed by atoms with van der Waals surface area (Å²) >= 11 is 0. The van der Waals surface area contributed by atoms with Gasteiger partial charge >= 0.3 is 0 Å². The van der Waals surface area contributed by atoms with Crippen LogP contribution in [0.1, 0.15) is 43.6 Å². The van der Waals surface area contributed by atoms with Crippen molar-refractivity contribution in [3.8, 4) is 0 Å². The zero-order valence-electron chi connectivity index (χ0n) is 12.6. The van der Waals surface area contributed by atoms with Gasteiger partial charge in [0.15, 0.2) is 0 Å². The zero-order valence-corrected chi connectivity index (χ0v) is 12.6. The van der Waals surface area contributed by atoms with E-state index in [-0.39, 0.29) is 0 Å². The van der Waals surface area contributed by atoms with Gasteiger partial charge in [0.25, 0.3) is 0 Å². The summed E-state index contributed by atoms with van der Waals surface area (Å²) in [6, 6.07) is 8.80. The second-order valence-electron chi connectivity index (χ2n) is 5.21. The summed E-state index contributed by atoms with van der Waals surface area (Å²) < 4.78 is 2.25. The fourth-order valence-electron chi connectivity index (χ4n) is 2.39. The molecule has 0 radical (unpaired) electrons. The van der Waals surface area contributed by atoms with Crippen molar-refractivity contribution in [1.82, 2.24) is 14.9 Å². The Balaban J connectivity index is 2.01. The van der Waals surface area contributed by atoms with Crippen LogP contribution in [0.4, 0.5) is 0 Å². The van der Waals surface area contributed by atoms with Crippen LogP contribution in [-0.4, -0.2) is 16.1 Å². The Kier molecular flexibility index (Phi) is 5.81. The summed E-state index contributed by atoms with van der Waals surface area (Å²) in [6.07, 6.45) is 7.20. The lowest BCUT2D eigenvalue weighted by molar-refractivity contribution is 0.646. The first-order chi connectivity index (χ1) is 9.83. The molecule has 20 heavy (non-hydrogen) atoms. The highest BCUT2D eigenvalue weighted by Crippen LogP contribution is 2.11. The van der Waals surface area contributed by atoms with Gasteiger partial charge in [0.2, 0.25) is 0 Å². The second kappa shape index (κ2) is 7.85. The number of nitrogens with zero attached hydrogens (tertiary/aromatic N) is 2. The van der Waals surface area contributed by atoms with E-state index in [0.29, 0.717) is 0 Å². The van der Waals surface area contributed by atoms with Crippen LogP contribution in [0, 0.1) is 0 Å². The van der Waals surface area contributed by atoms with Crippen molar-refractivity contribution in [2.24, 2.45) is 0 Å². The van der Waals surface area contributed by atoms with Crippen LogP contribution in [0.3, 0.4) is 0 Å². The number of benzene rings is 1. The van der Waals surface area contributed by atoms with Crippen molar-refractivity contribution in [1.29, 1.82) is 0 Å². The van der Waals surface area contributed by atoms with Crippen LogP contribution in [-0.2, 0) is 19.5 Å². The third kappa shape index (κ3) is 4.20. The fourth-order valence-corrected chi connectivity index (χ4v) is 2.39. The Bertz CT molecular complexity index is 516. The summed E-state index contributed by atoms with van der Waals surface area (Å²) in [5.41, 5.74) is 2.69. The SMILES string of the molecule is CCCNCc1cccc(Cc2nccn2CCC)c1. The molecule has 0 bridgehead atoms. The number of hydrogen-bond acceptors (Lipinski definition) is 2. The maximum absolute atomic E-state index is 4.48. The fraction of sp³-hybridized carbons (Fsp3) is 0.471. The van der Waals surface area contributed by atoms with Gasteiger partial charge in [0.05, 0.1) is 0 Å². The number of imidazole rings is 1. The average Bonchev–Trinajstić information content (AvgIpc) is 2.87. The molecule has 0 atom stereocenters. The molecule has 0 amide bonds. The van der Waals surface area contributed by atoms with Crippen LogP contribution in [0.5, 0.6) is 0 Å². The summed E-state index contributed by atoms with van der Waals surface area (Å²) in [4.78, 5) is 4.48. The van der Waals surface area contributed by atoms with E-state index >= 15 is 0 Å². The minimum Gasteiger partial charge on any atom is -0.335 e. The van der Waals surface area contributed by atoms with E-state index in [1.807, 2.05) is 6.20 Å². The largest absolute Gasteiger partial charge is 0.335 e. The number of aryl methyl sites for hydroxylation is 1. The molecule has 0 saturated heterocycles. The molecule has 1 heterocycles. The van der Waals surface area contributed by atoms with Crippen molar-refractivity contribution in [3.05, 3.63) is 53.6 Å². The van der Waals surface area contributed by atoms with Gasteiger partial charge in [-0.15, -0.1) is 0 Å². The Morgan fingerprint density at radius 3 is 2.80 bits per heavy atom. The molecule has 2 rings (SSSR count). The topological polar surface area (TPSA) is 29.9 Å². The first-order valence-corrected chi connectivity index (χ1v) is 7.62. The zero-order chi connectivity index (χ0) is 14.2. The molecule has 1 aromatic heterocycles. The summed E-state index contributed by atoms with van der Waals surface area (Å²) in [5.74, 6) is 1.16. The third-order valence-electron chi connectivity index (χ3n) is 3.38. The third-order valence-corrected chi connectivity index (χ3v) is 3.38. The molecule has 3 nitrogen and oxygen atoms in total. The van der Waals surface area contributed by atoms with Crippen LogP contribution < -0.4 is 5.32 Å². The average molecular weight is 271 g/mol. The van der Waals surface area contributed by atoms with E-state index in [1.165, 1.54) is 17.5 Å².